The van der Waals surface area contributed by atoms with Crippen LogP contribution in [-0.4, -0.2) is 49.4 Å². The van der Waals surface area contributed by atoms with E-state index in [2.05, 4.69) is 15.5 Å². The van der Waals surface area contributed by atoms with Gasteiger partial charge < -0.3 is 15.5 Å². The van der Waals surface area contributed by atoms with Gasteiger partial charge in [-0.2, -0.15) is 0 Å². The minimum atomic E-state index is -0.356. The van der Waals surface area contributed by atoms with Gasteiger partial charge in [0.1, 0.15) is 12.1 Å². The summed E-state index contributed by atoms with van der Waals surface area (Å²) in [4.78, 5) is 25.9. The summed E-state index contributed by atoms with van der Waals surface area (Å²) < 4.78 is 0. The third kappa shape index (κ3) is 5.59. The summed E-state index contributed by atoms with van der Waals surface area (Å²) in [6.07, 6.45) is 3.41. The quantitative estimate of drug-likeness (QED) is 0.670. The summed E-state index contributed by atoms with van der Waals surface area (Å²) in [5, 5.41) is 5.68. The monoisotopic (exact) mass is 269 g/mol. The van der Waals surface area contributed by atoms with Crippen molar-refractivity contribution in [3.05, 3.63) is 0 Å². The molecule has 0 unspecified atom stereocenters. The Morgan fingerprint density at radius 2 is 1.63 bits per heavy atom. The van der Waals surface area contributed by atoms with Gasteiger partial charge in [-0.25, -0.2) is 0 Å². The molecule has 1 fully saturated rings. The van der Waals surface area contributed by atoms with Crippen LogP contribution in [0.1, 0.15) is 39.5 Å². The fourth-order valence-electron chi connectivity index (χ4n) is 2.29. The highest BCUT2D eigenvalue weighted by molar-refractivity contribution is 5.96. The van der Waals surface area contributed by atoms with E-state index in [9.17, 15) is 9.59 Å². The Kier molecular flexibility index (Phi) is 6.28. The number of hydrogen-bond donors (Lipinski definition) is 2. The summed E-state index contributed by atoms with van der Waals surface area (Å²) in [6.45, 7) is 5.11. The van der Waals surface area contributed by atoms with Gasteiger partial charge in [-0.3, -0.25) is 9.59 Å². The van der Waals surface area contributed by atoms with Gasteiger partial charge in [0.05, 0.1) is 0 Å². The largest absolute Gasteiger partial charge is 0.343 e. The summed E-state index contributed by atoms with van der Waals surface area (Å²) >= 11 is 0. The number of nitrogens with one attached hydrogen (secondary N) is 2. The highest BCUT2D eigenvalue weighted by Gasteiger charge is 2.33. The summed E-state index contributed by atoms with van der Waals surface area (Å²) in [5.41, 5.74) is 0. The summed E-state index contributed by atoms with van der Waals surface area (Å²) in [7, 11) is 4.07. The lowest BCUT2D eigenvalue weighted by molar-refractivity contribution is -0.137. The molecule has 0 aromatic heterocycles. The standard InChI is InChI=1S/C14H27N3O2/c1-10(2)9-12-14(19)15-11(13(18)16-12)7-5-6-8-17(3)4/h10-12H,5-9H2,1-4H3,(H,15,19)(H,16,18)/t11-,12-/m0/s1. The Labute approximate surface area is 116 Å². The molecule has 0 aliphatic carbocycles. The van der Waals surface area contributed by atoms with Crippen molar-refractivity contribution in [2.24, 2.45) is 5.92 Å². The van der Waals surface area contributed by atoms with Crippen LogP contribution in [0.25, 0.3) is 0 Å². The SMILES string of the molecule is CC(C)C[C@@H]1NC(=O)[C@H](CCCCN(C)C)NC1=O. The smallest absolute Gasteiger partial charge is 0.243 e. The zero-order valence-corrected chi connectivity index (χ0v) is 12.5. The molecule has 1 aliphatic heterocycles. The number of carbonyl (C=O) groups is 2. The van der Waals surface area contributed by atoms with E-state index in [-0.39, 0.29) is 23.9 Å². The minimum Gasteiger partial charge on any atom is -0.343 e. The maximum absolute atomic E-state index is 11.9. The van der Waals surface area contributed by atoms with Crippen molar-refractivity contribution in [3.63, 3.8) is 0 Å². The van der Waals surface area contributed by atoms with Crippen molar-refractivity contribution >= 4 is 11.8 Å². The van der Waals surface area contributed by atoms with Gasteiger partial charge in [0.15, 0.2) is 0 Å². The van der Waals surface area contributed by atoms with Crippen molar-refractivity contribution in [2.75, 3.05) is 20.6 Å². The van der Waals surface area contributed by atoms with E-state index in [0.717, 1.165) is 25.8 Å². The topological polar surface area (TPSA) is 61.4 Å². The fraction of sp³-hybridized carbons (Fsp3) is 0.857. The van der Waals surface area contributed by atoms with E-state index >= 15 is 0 Å². The molecule has 5 nitrogen and oxygen atoms in total. The number of unbranched alkanes of at least 4 members (excludes halogenated alkanes) is 1. The van der Waals surface area contributed by atoms with E-state index < -0.39 is 0 Å². The van der Waals surface area contributed by atoms with E-state index in [1.54, 1.807) is 0 Å². The first-order chi connectivity index (χ1) is 8.90. The third-order valence-electron chi connectivity index (χ3n) is 3.32. The molecule has 1 saturated heterocycles. The van der Waals surface area contributed by atoms with Gasteiger partial charge >= 0.3 is 0 Å². The molecule has 1 heterocycles. The molecule has 110 valence electrons. The number of nitrogens with zero attached hydrogens (tertiary/aromatic N) is 1. The second kappa shape index (κ2) is 7.48. The van der Waals surface area contributed by atoms with Crippen LogP contribution in [0.4, 0.5) is 0 Å². The summed E-state index contributed by atoms with van der Waals surface area (Å²) in [5.74, 6) is 0.328. The third-order valence-corrected chi connectivity index (χ3v) is 3.32. The average molecular weight is 269 g/mol. The maximum atomic E-state index is 11.9. The first kappa shape index (κ1) is 16.0. The maximum Gasteiger partial charge on any atom is 0.243 e. The Balaban J connectivity index is 2.35. The van der Waals surface area contributed by atoms with Crippen LogP contribution in [0.15, 0.2) is 0 Å². The Bertz CT molecular complexity index is 316. The number of carbonyl (C=O) groups excluding carboxylic acids is 2. The van der Waals surface area contributed by atoms with E-state index in [1.165, 1.54) is 0 Å². The average Bonchev–Trinajstić information content (AvgIpc) is 2.29. The lowest BCUT2D eigenvalue weighted by Crippen LogP contribution is -2.61. The van der Waals surface area contributed by atoms with Gasteiger partial charge in [0, 0.05) is 0 Å². The van der Waals surface area contributed by atoms with Crippen LogP contribution in [0, 0.1) is 5.92 Å². The van der Waals surface area contributed by atoms with Crippen molar-refractivity contribution < 1.29 is 9.59 Å². The Morgan fingerprint density at radius 1 is 1.05 bits per heavy atom. The van der Waals surface area contributed by atoms with Crippen LogP contribution < -0.4 is 10.6 Å². The van der Waals surface area contributed by atoms with Gasteiger partial charge in [-0.15, -0.1) is 0 Å². The first-order valence-corrected chi connectivity index (χ1v) is 7.15. The molecule has 0 aromatic carbocycles. The highest BCUT2D eigenvalue weighted by atomic mass is 16.2. The van der Waals surface area contributed by atoms with Crippen LogP contribution >= 0.6 is 0 Å². The zero-order chi connectivity index (χ0) is 14.4. The lowest BCUT2D eigenvalue weighted by Gasteiger charge is -2.30. The number of hydrogen-bond acceptors (Lipinski definition) is 3. The molecule has 2 atom stereocenters. The predicted octanol–water partition coefficient (Wildman–Crippen LogP) is 0.748. The van der Waals surface area contributed by atoms with E-state index in [0.29, 0.717) is 12.3 Å². The lowest BCUT2D eigenvalue weighted by atomic mass is 9.98. The fourth-order valence-corrected chi connectivity index (χ4v) is 2.29. The molecule has 0 aromatic rings. The second-order valence-corrected chi connectivity index (χ2v) is 6.05. The van der Waals surface area contributed by atoms with Gasteiger partial charge in [0.2, 0.25) is 11.8 Å². The van der Waals surface area contributed by atoms with Crippen LogP contribution in [0.5, 0.6) is 0 Å². The highest BCUT2D eigenvalue weighted by Crippen LogP contribution is 2.11. The van der Waals surface area contributed by atoms with E-state index in [1.807, 2.05) is 27.9 Å². The molecule has 5 heteroatoms. The molecule has 0 bridgehead atoms. The van der Waals surface area contributed by atoms with Gasteiger partial charge in [-0.1, -0.05) is 13.8 Å². The zero-order valence-electron chi connectivity index (χ0n) is 12.5. The first-order valence-electron chi connectivity index (χ1n) is 7.15. The molecule has 2 N–H and O–H groups in total. The van der Waals surface area contributed by atoms with Crippen molar-refractivity contribution in [2.45, 2.75) is 51.6 Å². The number of amides is 2. The van der Waals surface area contributed by atoms with Crippen LogP contribution in [-0.2, 0) is 9.59 Å². The van der Waals surface area contributed by atoms with Crippen molar-refractivity contribution in [3.8, 4) is 0 Å². The predicted molar refractivity (Wildman–Crippen MR) is 75.7 cm³/mol. The number of rotatable bonds is 7. The second-order valence-electron chi connectivity index (χ2n) is 6.05. The normalized spacial score (nSPS) is 23.7. The van der Waals surface area contributed by atoms with Crippen molar-refractivity contribution in [1.82, 2.24) is 15.5 Å². The molecule has 2 amide bonds. The summed E-state index contributed by atoms with van der Waals surface area (Å²) in [6, 6.07) is -0.705. The molecule has 0 spiro atoms. The Morgan fingerprint density at radius 3 is 2.21 bits per heavy atom. The molecule has 0 radical (unpaired) electrons. The number of piperazine rings is 1. The Hall–Kier alpha value is -1.10. The molecule has 1 rings (SSSR count). The molecular formula is C14H27N3O2. The van der Waals surface area contributed by atoms with Crippen LogP contribution in [0.3, 0.4) is 0 Å². The minimum absolute atomic E-state index is 0.0323. The molecule has 0 saturated carbocycles. The van der Waals surface area contributed by atoms with E-state index in [4.69, 9.17) is 0 Å². The molecule has 19 heavy (non-hydrogen) atoms. The molecular weight excluding hydrogens is 242 g/mol. The van der Waals surface area contributed by atoms with Crippen LogP contribution in [0.2, 0.25) is 0 Å². The van der Waals surface area contributed by atoms with Gasteiger partial charge in [-0.05, 0) is 52.2 Å². The van der Waals surface area contributed by atoms with Gasteiger partial charge in [0.25, 0.3) is 0 Å². The molecule has 1 aliphatic rings. The van der Waals surface area contributed by atoms with Crippen molar-refractivity contribution in [1.29, 1.82) is 0 Å².